The number of aromatic amines is 1. The molecule has 1 N–H and O–H groups in total. The van der Waals surface area contributed by atoms with Crippen molar-refractivity contribution >= 4 is 17.6 Å². The van der Waals surface area contributed by atoms with E-state index in [1.165, 1.54) is 0 Å². The highest BCUT2D eigenvalue weighted by molar-refractivity contribution is 6.29. The van der Waals surface area contributed by atoms with Crippen LogP contribution in [0, 0.1) is 0 Å². The van der Waals surface area contributed by atoms with E-state index < -0.39 is 0 Å². The molecule has 0 radical (unpaired) electrons. The molecule has 3 nitrogen and oxygen atoms in total. The number of carbonyl (C=O) groups is 1. The molecule has 0 aliphatic rings. The Bertz CT molecular complexity index is 257. The maximum Gasteiger partial charge on any atom is 0.354 e. The fraction of sp³-hybridized carbons (Fsp3) is 0.286. The summed E-state index contributed by atoms with van der Waals surface area (Å²) in [5.41, 5.74) is 0.386. The maximum absolute atomic E-state index is 10.9. The van der Waals surface area contributed by atoms with E-state index in [9.17, 15) is 4.79 Å². The van der Waals surface area contributed by atoms with Gasteiger partial charge in [0.2, 0.25) is 0 Å². The lowest BCUT2D eigenvalue weighted by Gasteiger charge is -1.96. The summed E-state index contributed by atoms with van der Waals surface area (Å²) in [6, 6.07) is 3.19. The van der Waals surface area contributed by atoms with Crippen LogP contribution in [-0.2, 0) is 4.74 Å². The zero-order valence-electron chi connectivity index (χ0n) is 6.06. The van der Waals surface area contributed by atoms with Crippen LogP contribution in [0.4, 0.5) is 0 Å². The van der Waals surface area contributed by atoms with Crippen molar-refractivity contribution in [1.82, 2.24) is 4.98 Å². The molecule has 1 rings (SSSR count). The van der Waals surface area contributed by atoms with Crippen molar-refractivity contribution in [3.8, 4) is 0 Å². The molecular formula is C7H8ClNO2. The first-order valence-electron chi connectivity index (χ1n) is 3.25. The van der Waals surface area contributed by atoms with Gasteiger partial charge in [0.15, 0.2) is 0 Å². The largest absolute Gasteiger partial charge is 0.461 e. The zero-order valence-corrected chi connectivity index (χ0v) is 6.81. The van der Waals surface area contributed by atoms with Crippen molar-refractivity contribution in [2.45, 2.75) is 6.92 Å². The average Bonchev–Trinajstić information content (AvgIpc) is 2.36. The number of carbonyl (C=O) groups excluding carboxylic acids is 1. The monoisotopic (exact) mass is 173 g/mol. The second-order valence-electron chi connectivity index (χ2n) is 1.94. The molecule has 0 saturated heterocycles. The molecule has 0 spiro atoms. The van der Waals surface area contributed by atoms with Crippen molar-refractivity contribution in [2.24, 2.45) is 0 Å². The van der Waals surface area contributed by atoms with Gasteiger partial charge in [0.05, 0.1) is 6.61 Å². The lowest BCUT2D eigenvalue weighted by atomic mass is 10.4. The van der Waals surface area contributed by atoms with Crippen LogP contribution in [0.3, 0.4) is 0 Å². The minimum absolute atomic E-state index is 0.371. The van der Waals surface area contributed by atoms with Gasteiger partial charge < -0.3 is 9.72 Å². The van der Waals surface area contributed by atoms with Crippen molar-refractivity contribution < 1.29 is 9.53 Å². The summed E-state index contributed by atoms with van der Waals surface area (Å²) in [6.45, 7) is 2.12. The summed E-state index contributed by atoms with van der Waals surface area (Å²) in [4.78, 5) is 13.6. The summed E-state index contributed by atoms with van der Waals surface area (Å²) >= 11 is 5.54. The number of hydrogen-bond acceptors (Lipinski definition) is 2. The minimum atomic E-state index is -0.376. The van der Waals surface area contributed by atoms with Crippen LogP contribution < -0.4 is 0 Å². The standard InChI is InChI=1S/C7H8ClNO2/c1-2-11-7(10)5-3-4-6(8)9-5/h3-4,9H,2H2,1H3. The van der Waals surface area contributed by atoms with Gasteiger partial charge in [0.1, 0.15) is 10.8 Å². The Morgan fingerprint density at radius 2 is 2.45 bits per heavy atom. The van der Waals surface area contributed by atoms with E-state index in [0.29, 0.717) is 17.5 Å². The van der Waals surface area contributed by atoms with E-state index >= 15 is 0 Å². The molecule has 1 aromatic heterocycles. The van der Waals surface area contributed by atoms with Crippen LogP contribution in [0.2, 0.25) is 5.15 Å². The predicted octanol–water partition coefficient (Wildman–Crippen LogP) is 1.84. The Kier molecular flexibility index (Phi) is 2.54. The zero-order chi connectivity index (χ0) is 8.27. The van der Waals surface area contributed by atoms with Gasteiger partial charge in [0, 0.05) is 0 Å². The third kappa shape index (κ3) is 1.98. The first kappa shape index (κ1) is 8.14. The second-order valence-corrected chi connectivity index (χ2v) is 2.35. The third-order valence-corrected chi connectivity index (χ3v) is 1.37. The number of nitrogens with one attached hydrogen (secondary N) is 1. The summed E-state index contributed by atoms with van der Waals surface area (Å²) in [6.07, 6.45) is 0. The molecule has 0 aliphatic heterocycles. The van der Waals surface area contributed by atoms with E-state index in [-0.39, 0.29) is 5.97 Å². The Hall–Kier alpha value is -0.960. The lowest BCUT2D eigenvalue weighted by molar-refractivity contribution is 0.0520. The molecule has 0 saturated carbocycles. The highest BCUT2D eigenvalue weighted by Crippen LogP contribution is 2.07. The molecule has 0 aliphatic carbocycles. The van der Waals surface area contributed by atoms with Gasteiger partial charge in [-0.3, -0.25) is 0 Å². The molecule has 0 amide bonds. The topological polar surface area (TPSA) is 42.1 Å². The van der Waals surface area contributed by atoms with Crippen molar-refractivity contribution in [3.05, 3.63) is 23.0 Å². The van der Waals surface area contributed by atoms with Crippen LogP contribution in [0.5, 0.6) is 0 Å². The second kappa shape index (κ2) is 3.44. The Balaban J connectivity index is 2.69. The lowest BCUT2D eigenvalue weighted by Crippen LogP contribution is -2.04. The van der Waals surface area contributed by atoms with Crippen molar-refractivity contribution in [2.75, 3.05) is 6.61 Å². The predicted molar refractivity (Wildman–Crippen MR) is 41.8 cm³/mol. The van der Waals surface area contributed by atoms with Gasteiger partial charge in [-0.05, 0) is 19.1 Å². The number of halogens is 1. The number of H-pyrrole nitrogens is 1. The summed E-state index contributed by atoms with van der Waals surface area (Å²) in [5.74, 6) is -0.376. The molecule has 1 heterocycles. The molecule has 1 aromatic rings. The average molecular weight is 174 g/mol. The van der Waals surface area contributed by atoms with Crippen LogP contribution in [0.1, 0.15) is 17.4 Å². The first-order chi connectivity index (χ1) is 5.24. The fourth-order valence-corrected chi connectivity index (χ4v) is 0.861. The van der Waals surface area contributed by atoms with Gasteiger partial charge in [-0.15, -0.1) is 0 Å². The van der Waals surface area contributed by atoms with Crippen LogP contribution >= 0.6 is 11.6 Å². The Morgan fingerprint density at radius 1 is 1.73 bits per heavy atom. The van der Waals surface area contributed by atoms with Gasteiger partial charge in [-0.25, -0.2) is 4.79 Å². The van der Waals surface area contributed by atoms with Gasteiger partial charge >= 0.3 is 5.97 Å². The molecule has 0 unspecified atom stereocenters. The fourth-order valence-electron chi connectivity index (χ4n) is 0.696. The quantitative estimate of drug-likeness (QED) is 0.694. The van der Waals surface area contributed by atoms with Crippen molar-refractivity contribution in [1.29, 1.82) is 0 Å². The molecule has 11 heavy (non-hydrogen) atoms. The normalized spacial score (nSPS) is 9.64. The van der Waals surface area contributed by atoms with E-state index in [1.54, 1.807) is 19.1 Å². The van der Waals surface area contributed by atoms with E-state index in [1.807, 2.05) is 0 Å². The number of aromatic nitrogens is 1. The molecule has 60 valence electrons. The van der Waals surface area contributed by atoms with E-state index in [2.05, 4.69) is 4.98 Å². The molecule has 0 bridgehead atoms. The highest BCUT2D eigenvalue weighted by atomic mass is 35.5. The van der Waals surface area contributed by atoms with E-state index in [0.717, 1.165) is 0 Å². The number of rotatable bonds is 2. The summed E-state index contributed by atoms with van der Waals surface area (Å²) < 4.78 is 4.71. The van der Waals surface area contributed by atoms with Gasteiger partial charge in [-0.1, -0.05) is 11.6 Å². The highest BCUT2D eigenvalue weighted by Gasteiger charge is 2.06. The molecule has 0 aromatic carbocycles. The number of ether oxygens (including phenoxy) is 1. The van der Waals surface area contributed by atoms with Crippen LogP contribution in [-0.4, -0.2) is 17.6 Å². The SMILES string of the molecule is CCOC(=O)c1ccc(Cl)[nH]1. The third-order valence-electron chi connectivity index (χ3n) is 1.15. The Labute approximate surface area is 69.3 Å². The number of hydrogen-bond donors (Lipinski definition) is 1. The van der Waals surface area contributed by atoms with Crippen LogP contribution in [0.25, 0.3) is 0 Å². The van der Waals surface area contributed by atoms with E-state index in [4.69, 9.17) is 16.3 Å². The first-order valence-corrected chi connectivity index (χ1v) is 3.63. The maximum atomic E-state index is 10.9. The number of esters is 1. The summed E-state index contributed by atoms with van der Waals surface area (Å²) in [5, 5.41) is 0.438. The van der Waals surface area contributed by atoms with Gasteiger partial charge in [0.25, 0.3) is 0 Å². The van der Waals surface area contributed by atoms with Crippen LogP contribution in [0.15, 0.2) is 12.1 Å². The molecule has 0 atom stereocenters. The summed E-state index contributed by atoms with van der Waals surface area (Å²) in [7, 11) is 0. The van der Waals surface area contributed by atoms with Gasteiger partial charge in [-0.2, -0.15) is 0 Å². The molecule has 0 fully saturated rings. The molecular weight excluding hydrogens is 166 g/mol. The smallest absolute Gasteiger partial charge is 0.354 e. The minimum Gasteiger partial charge on any atom is -0.461 e. The van der Waals surface area contributed by atoms with Crippen molar-refractivity contribution in [3.63, 3.8) is 0 Å². The molecule has 4 heteroatoms. The Morgan fingerprint density at radius 3 is 2.91 bits per heavy atom.